The Morgan fingerprint density at radius 2 is 1.22 bits per heavy atom. The van der Waals surface area contributed by atoms with Crippen LogP contribution in [0.25, 0.3) is 0 Å². The average Bonchev–Trinajstić information content (AvgIpc) is 3.10. The fourth-order valence-electron chi connectivity index (χ4n) is 7.31. The molecule has 2 aliphatic heterocycles. The highest BCUT2D eigenvalue weighted by atomic mass is 35.5. The Labute approximate surface area is 461 Å². The molecule has 5 rings (SSSR count). The van der Waals surface area contributed by atoms with Gasteiger partial charge in [-0.2, -0.15) is 26.3 Å². The minimum absolute atomic E-state index is 0.00622. The van der Waals surface area contributed by atoms with Crippen LogP contribution in [0.4, 0.5) is 26.3 Å². The van der Waals surface area contributed by atoms with E-state index in [-0.39, 0.29) is 84.2 Å². The van der Waals surface area contributed by atoms with E-state index in [0.29, 0.717) is 82.1 Å². The lowest BCUT2D eigenvalue weighted by atomic mass is 9.77. The molecule has 3 aromatic rings. The molecule has 2 atom stereocenters. The number of carboxylic acids is 2. The number of aliphatic imine (C=N–C) groups is 1. The number of nitrogens with zero attached hydrogens (tertiary/aromatic N) is 1. The zero-order valence-electron chi connectivity index (χ0n) is 42.8. The van der Waals surface area contributed by atoms with Gasteiger partial charge in [-0.3, -0.25) is 29.0 Å². The number of amides is 4. The molecule has 25 nitrogen and oxygen atoms in total. The average molecular weight is 1180 g/mol. The number of phenols is 2. The third-order valence-electron chi connectivity index (χ3n) is 11.1. The maximum Gasteiger partial charge on any atom is 0.490 e. The molecule has 4 amide bonds. The van der Waals surface area contributed by atoms with Crippen LogP contribution in [0.3, 0.4) is 0 Å². The van der Waals surface area contributed by atoms with E-state index in [4.69, 9.17) is 72.3 Å². The van der Waals surface area contributed by atoms with Gasteiger partial charge in [0.05, 0.1) is 62.1 Å². The lowest BCUT2D eigenvalue weighted by Gasteiger charge is -2.36. The number of hydrogen-bond donors (Lipinski definition) is 11. The van der Waals surface area contributed by atoms with Gasteiger partial charge < -0.3 is 82.6 Å². The Balaban J connectivity index is 0.00000109. The molecule has 0 saturated heterocycles. The van der Waals surface area contributed by atoms with Crippen LogP contribution in [0.5, 0.6) is 23.0 Å². The number of carbonyl (C=O) groups excluding carboxylic acids is 6. The van der Waals surface area contributed by atoms with Gasteiger partial charge in [0, 0.05) is 68.1 Å². The summed E-state index contributed by atoms with van der Waals surface area (Å²) in [6.07, 6.45) is -8.41. The number of carbonyl (C=O) groups is 8. The van der Waals surface area contributed by atoms with Crippen LogP contribution in [0.15, 0.2) is 59.6 Å². The molecule has 0 bridgehead atoms. The summed E-state index contributed by atoms with van der Waals surface area (Å²) in [7, 11) is 0. The predicted molar refractivity (Wildman–Crippen MR) is 270 cm³/mol. The number of hydrogen-bond acceptors (Lipinski definition) is 17. The highest BCUT2D eigenvalue weighted by Crippen LogP contribution is 2.57. The van der Waals surface area contributed by atoms with Crippen molar-refractivity contribution >= 4 is 64.9 Å². The number of nitrogens with one attached hydrogen (secondary N) is 4. The van der Waals surface area contributed by atoms with Crippen LogP contribution in [0, 0.1) is 0 Å². The second-order valence-electron chi connectivity index (χ2n) is 17.0. The third-order valence-corrected chi connectivity index (χ3v) is 11.3. The molecule has 81 heavy (non-hydrogen) atoms. The van der Waals surface area contributed by atoms with E-state index in [9.17, 15) is 65.3 Å². The minimum atomic E-state index is -5.08. The maximum atomic E-state index is 13.6. The maximum absolute atomic E-state index is 13.6. The van der Waals surface area contributed by atoms with E-state index < -0.39 is 78.0 Å². The van der Waals surface area contributed by atoms with Gasteiger partial charge in [0.2, 0.25) is 17.7 Å². The number of nitrogens with two attached hydrogens (primary N) is 3. The molecule has 0 aliphatic carbocycles. The molecule has 0 unspecified atom stereocenters. The zero-order valence-corrected chi connectivity index (χ0v) is 43.5. The van der Waals surface area contributed by atoms with Gasteiger partial charge in [-0.1, -0.05) is 12.1 Å². The molecule has 1 spiro atoms. The van der Waals surface area contributed by atoms with Crippen molar-refractivity contribution in [3.05, 3.63) is 82.4 Å². The Bertz CT molecular complexity index is 2640. The van der Waals surface area contributed by atoms with Crippen LogP contribution in [0.1, 0.15) is 75.9 Å². The standard InChI is InChI=1S/C45H57ClN8O13.2C2HF3O2/c46-25-35(57)34(7-2-14-52-44(48)49)54-39(59)26-53-42(61)33(47)12-13-38(58)50-15-3-17-63-19-21-65-22-20-64-18-4-16-51-41(60)29-5-1-6-32-40(29)43(62)67-45(32)30-10-8-27(55)23-36(30)66-37-24-28(56)9-11-31(37)45;2*3-2(4,5)1(6)7/h1,5-6,8-11,23-24,33-34,55-56H,2-4,7,12-22,25-26,47H2,(H,50,58)(H,51,60)(H,53,61)(H,54,59)(H4,48,49,52);2*(H,6,7)/t33-,34-;;/m0../s1. The summed E-state index contributed by atoms with van der Waals surface area (Å²) in [4.78, 5) is 97.6. The molecule has 2 heterocycles. The number of fused-ring (bicyclic) bond motifs is 6. The number of Topliss-reactive ketones (excluding diaryl/α,β-unsaturated/α-hetero) is 1. The number of alkyl halides is 7. The number of ketones is 1. The zero-order chi connectivity index (χ0) is 60.5. The molecule has 3 aromatic carbocycles. The van der Waals surface area contributed by atoms with Gasteiger partial charge in [-0.25, -0.2) is 14.4 Å². The summed E-state index contributed by atoms with van der Waals surface area (Å²) in [6.45, 7) is 2.52. The van der Waals surface area contributed by atoms with Crippen molar-refractivity contribution in [1.82, 2.24) is 21.3 Å². The van der Waals surface area contributed by atoms with E-state index in [1.54, 1.807) is 30.3 Å². The molecule has 0 radical (unpaired) electrons. The first kappa shape index (κ1) is 67.3. The van der Waals surface area contributed by atoms with Gasteiger partial charge in [0.15, 0.2) is 17.3 Å². The number of benzene rings is 3. The highest BCUT2D eigenvalue weighted by molar-refractivity contribution is 6.28. The number of aliphatic carboxylic acids is 2. The van der Waals surface area contributed by atoms with Crippen LogP contribution in [-0.4, -0.2) is 170 Å². The van der Waals surface area contributed by atoms with Gasteiger partial charge in [0.1, 0.15) is 23.0 Å². The fraction of sp³-hybridized carbons (Fsp3) is 0.449. The molecule has 0 fully saturated rings. The Kier molecular flexibility index (Phi) is 26.8. The second-order valence-corrected chi connectivity index (χ2v) is 17.3. The van der Waals surface area contributed by atoms with Crippen molar-refractivity contribution in [2.75, 3.05) is 71.7 Å². The predicted octanol–water partition coefficient (Wildman–Crippen LogP) is 2.18. The number of rotatable bonds is 28. The molecule has 2 aliphatic rings. The number of aromatic hydroxyl groups is 2. The second kappa shape index (κ2) is 32.3. The number of guanidine groups is 1. The van der Waals surface area contributed by atoms with Gasteiger partial charge >= 0.3 is 30.3 Å². The summed E-state index contributed by atoms with van der Waals surface area (Å²) >= 11 is 5.65. The monoisotopic (exact) mass is 1180 g/mol. The van der Waals surface area contributed by atoms with Crippen molar-refractivity contribution in [1.29, 1.82) is 0 Å². The molecular formula is C49H59ClF6N8O17. The smallest absolute Gasteiger partial charge is 0.490 e. The number of carboxylic acid groups (broad SMARTS) is 2. The summed E-state index contributed by atoms with van der Waals surface area (Å²) in [5.41, 5.74) is 16.6. The van der Waals surface area contributed by atoms with Crippen molar-refractivity contribution in [2.45, 2.75) is 68.6 Å². The molecule has 0 aromatic heterocycles. The van der Waals surface area contributed by atoms with E-state index in [1.807, 2.05) is 0 Å². The number of ether oxygens (including phenoxy) is 5. The summed E-state index contributed by atoms with van der Waals surface area (Å²) in [5, 5.41) is 45.1. The van der Waals surface area contributed by atoms with Crippen molar-refractivity contribution in [3.63, 3.8) is 0 Å². The highest BCUT2D eigenvalue weighted by Gasteiger charge is 2.54. The Hall–Kier alpha value is -8.00. The Morgan fingerprint density at radius 1 is 0.704 bits per heavy atom. The summed E-state index contributed by atoms with van der Waals surface area (Å²) in [6, 6.07) is 11.9. The van der Waals surface area contributed by atoms with Crippen LogP contribution in [0.2, 0.25) is 0 Å². The van der Waals surface area contributed by atoms with E-state index in [2.05, 4.69) is 26.3 Å². The molecular weight excluding hydrogens is 1120 g/mol. The van der Waals surface area contributed by atoms with E-state index >= 15 is 0 Å². The largest absolute Gasteiger partial charge is 0.508 e. The lowest BCUT2D eigenvalue weighted by molar-refractivity contribution is -0.193. The van der Waals surface area contributed by atoms with Crippen LogP contribution >= 0.6 is 11.6 Å². The van der Waals surface area contributed by atoms with Crippen molar-refractivity contribution in [3.8, 4) is 23.0 Å². The molecule has 14 N–H and O–H groups in total. The van der Waals surface area contributed by atoms with Crippen LogP contribution < -0.4 is 43.2 Å². The fourth-order valence-corrected chi connectivity index (χ4v) is 7.50. The summed E-state index contributed by atoms with van der Waals surface area (Å²) < 4.78 is 92.3. The van der Waals surface area contributed by atoms with E-state index in [1.165, 1.54) is 24.3 Å². The van der Waals surface area contributed by atoms with E-state index in [0.717, 1.165) is 0 Å². The number of phenolic OH excluding ortho intramolecular Hbond substituents is 2. The number of halogens is 7. The quantitative estimate of drug-likeness (QED) is 0.0124. The van der Waals surface area contributed by atoms with Gasteiger partial charge in [-0.15, -0.1) is 11.6 Å². The van der Waals surface area contributed by atoms with Crippen molar-refractivity contribution in [2.24, 2.45) is 22.2 Å². The molecule has 32 heteroatoms. The third kappa shape index (κ3) is 21.5. The van der Waals surface area contributed by atoms with Gasteiger partial charge in [-0.05, 0) is 62.4 Å². The lowest BCUT2D eigenvalue weighted by Crippen LogP contribution is -2.49. The van der Waals surface area contributed by atoms with Gasteiger partial charge in [0.25, 0.3) is 5.91 Å². The van der Waals surface area contributed by atoms with Crippen LogP contribution in [-0.2, 0) is 53.3 Å². The number of esters is 1. The molecule has 446 valence electrons. The molecule has 0 saturated carbocycles. The topological polar surface area (TPSA) is 402 Å². The first-order valence-electron chi connectivity index (χ1n) is 24.2. The van der Waals surface area contributed by atoms with Crippen molar-refractivity contribution < 1.29 is 109 Å². The minimum Gasteiger partial charge on any atom is -0.508 e. The first-order valence-corrected chi connectivity index (χ1v) is 24.7. The Morgan fingerprint density at radius 3 is 1.73 bits per heavy atom. The summed E-state index contributed by atoms with van der Waals surface area (Å²) in [5.74, 6) is -8.65. The normalized spacial score (nSPS) is 13.3. The first-order chi connectivity index (χ1) is 38.1. The SMILES string of the molecule is NC(N)=NCCC[C@H](NC(=O)CNC(=O)[C@@H](N)CCC(=O)NCCCOCCOCCOCCCNC(=O)c1cccc2c1C(=O)OC21c2ccc(O)cc2Oc2cc(O)ccc21)C(=O)CCl.O=C(O)C(F)(F)F.O=C(O)C(F)(F)F.